The Balaban J connectivity index is 2.24. The minimum atomic E-state index is -0.384. The number of carbonyl (C=O) groups is 3. The lowest BCUT2D eigenvalue weighted by Crippen LogP contribution is -2.17. The molecule has 0 aromatic heterocycles. The largest absolute Gasteiger partial charge is 0.326 e. The van der Waals surface area contributed by atoms with E-state index in [-0.39, 0.29) is 23.6 Å². The van der Waals surface area contributed by atoms with E-state index in [1.807, 2.05) is 13.8 Å². The van der Waals surface area contributed by atoms with E-state index in [0.717, 1.165) is 19.3 Å². The third-order valence-electron chi connectivity index (χ3n) is 3.64. The van der Waals surface area contributed by atoms with Gasteiger partial charge in [0.25, 0.3) is 0 Å². The lowest BCUT2D eigenvalue weighted by molar-refractivity contribution is -0.129. The number of hydrogen-bond acceptors (Lipinski definition) is 4. The highest BCUT2D eigenvalue weighted by Crippen LogP contribution is 2.15. The highest BCUT2D eigenvalue weighted by molar-refractivity contribution is 5.93. The second-order valence-corrected chi connectivity index (χ2v) is 6.22. The molecule has 0 aliphatic rings. The zero-order valence-corrected chi connectivity index (χ0v) is 14.8. The van der Waals surface area contributed by atoms with Gasteiger partial charge in [0, 0.05) is 30.1 Å². The number of nitrogens with one attached hydrogen (secondary N) is 3. The third kappa shape index (κ3) is 8.85. The quantitative estimate of drug-likeness (QED) is 0.296. The van der Waals surface area contributed by atoms with E-state index in [1.54, 1.807) is 29.7 Å². The maximum absolute atomic E-state index is 11.9. The standard InChI is InChI=1S/C18H27N3O4/c1-13(2)18(24)20-15-11-9-14(10-12-15)19-16(22)7-5-3-4-6-8-17(23)21-25/h9-13,25H,3-8H2,1-2H3,(H,19,22)(H,20,24)(H,21,23). The van der Waals surface area contributed by atoms with Crippen LogP contribution in [0.25, 0.3) is 0 Å². The van der Waals surface area contributed by atoms with Crippen molar-refractivity contribution in [2.75, 3.05) is 10.6 Å². The van der Waals surface area contributed by atoms with Gasteiger partial charge in [-0.2, -0.15) is 0 Å². The van der Waals surface area contributed by atoms with Crippen molar-refractivity contribution >= 4 is 29.1 Å². The van der Waals surface area contributed by atoms with Crippen LogP contribution >= 0.6 is 0 Å². The summed E-state index contributed by atoms with van der Waals surface area (Å²) in [7, 11) is 0. The zero-order valence-electron chi connectivity index (χ0n) is 14.8. The molecule has 0 spiro atoms. The molecule has 1 aromatic rings. The molecular weight excluding hydrogens is 322 g/mol. The summed E-state index contributed by atoms with van der Waals surface area (Å²) in [5.41, 5.74) is 2.98. The molecule has 1 aromatic carbocycles. The van der Waals surface area contributed by atoms with Crippen LogP contribution in [0.5, 0.6) is 0 Å². The molecule has 138 valence electrons. The summed E-state index contributed by atoms with van der Waals surface area (Å²) in [5.74, 6) is -0.580. The molecular formula is C18H27N3O4. The van der Waals surface area contributed by atoms with E-state index in [2.05, 4.69) is 10.6 Å². The van der Waals surface area contributed by atoms with E-state index in [4.69, 9.17) is 5.21 Å². The number of amides is 3. The van der Waals surface area contributed by atoms with Crippen LogP contribution in [0, 0.1) is 5.92 Å². The molecule has 7 nitrogen and oxygen atoms in total. The molecule has 0 unspecified atom stereocenters. The van der Waals surface area contributed by atoms with E-state index in [0.29, 0.717) is 30.6 Å². The summed E-state index contributed by atoms with van der Waals surface area (Å²) in [6.07, 6.45) is 3.84. The molecule has 1 rings (SSSR count). The number of anilines is 2. The van der Waals surface area contributed by atoms with Crippen molar-refractivity contribution in [2.45, 2.75) is 52.4 Å². The summed E-state index contributed by atoms with van der Waals surface area (Å²) in [4.78, 5) is 34.3. The van der Waals surface area contributed by atoms with Crippen LogP contribution in [0.15, 0.2) is 24.3 Å². The summed E-state index contributed by atoms with van der Waals surface area (Å²) in [5, 5.41) is 14.0. The Bertz CT molecular complexity index is 570. The molecule has 0 saturated carbocycles. The Morgan fingerprint density at radius 3 is 1.80 bits per heavy atom. The summed E-state index contributed by atoms with van der Waals surface area (Å²) >= 11 is 0. The van der Waals surface area contributed by atoms with Crippen molar-refractivity contribution in [3.8, 4) is 0 Å². The second-order valence-electron chi connectivity index (χ2n) is 6.22. The summed E-state index contributed by atoms with van der Waals surface area (Å²) in [6.45, 7) is 3.65. The monoisotopic (exact) mass is 349 g/mol. The van der Waals surface area contributed by atoms with Crippen molar-refractivity contribution in [1.82, 2.24) is 5.48 Å². The van der Waals surface area contributed by atoms with Crippen molar-refractivity contribution in [2.24, 2.45) is 5.92 Å². The first-order chi connectivity index (χ1) is 11.9. The average Bonchev–Trinajstić information content (AvgIpc) is 2.59. The van der Waals surface area contributed by atoms with Gasteiger partial charge in [0.15, 0.2) is 0 Å². The number of rotatable bonds is 10. The first-order valence-electron chi connectivity index (χ1n) is 8.56. The van der Waals surface area contributed by atoms with Crippen LogP contribution in [0.3, 0.4) is 0 Å². The summed E-state index contributed by atoms with van der Waals surface area (Å²) < 4.78 is 0. The zero-order chi connectivity index (χ0) is 18.7. The number of carbonyl (C=O) groups excluding carboxylic acids is 3. The highest BCUT2D eigenvalue weighted by atomic mass is 16.5. The van der Waals surface area contributed by atoms with Crippen LogP contribution in [0.2, 0.25) is 0 Å². The fourth-order valence-electron chi connectivity index (χ4n) is 2.13. The van der Waals surface area contributed by atoms with E-state index in [9.17, 15) is 14.4 Å². The second kappa shape index (κ2) is 11.2. The first-order valence-corrected chi connectivity index (χ1v) is 8.56. The van der Waals surface area contributed by atoms with Gasteiger partial charge in [0.2, 0.25) is 17.7 Å². The fourth-order valence-corrected chi connectivity index (χ4v) is 2.13. The van der Waals surface area contributed by atoms with Crippen molar-refractivity contribution in [3.63, 3.8) is 0 Å². The molecule has 0 aliphatic heterocycles. The van der Waals surface area contributed by atoms with Crippen molar-refractivity contribution in [3.05, 3.63) is 24.3 Å². The van der Waals surface area contributed by atoms with Gasteiger partial charge in [-0.25, -0.2) is 5.48 Å². The lowest BCUT2D eigenvalue weighted by atomic mass is 10.1. The molecule has 0 radical (unpaired) electrons. The highest BCUT2D eigenvalue weighted by Gasteiger charge is 2.07. The van der Waals surface area contributed by atoms with Crippen LogP contribution < -0.4 is 16.1 Å². The number of benzene rings is 1. The van der Waals surface area contributed by atoms with Crippen LogP contribution in [0.1, 0.15) is 52.4 Å². The molecule has 25 heavy (non-hydrogen) atoms. The first kappa shape index (κ1) is 20.6. The Morgan fingerprint density at radius 1 is 0.840 bits per heavy atom. The predicted molar refractivity (Wildman–Crippen MR) is 96.2 cm³/mol. The molecule has 0 aliphatic carbocycles. The number of hydrogen-bond donors (Lipinski definition) is 4. The van der Waals surface area contributed by atoms with Gasteiger partial charge >= 0.3 is 0 Å². The molecule has 7 heteroatoms. The number of hydroxylamine groups is 1. The molecule has 4 N–H and O–H groups in total. The van der Waals surface area contributed by atoms with Crippen molar-refractivity contribution in [1.29, 1.82) is 0 Å². The van der Waals surface area contributed by atoms with Gasteiger partial charge in [-0.3, -0.25) is 19.6 Å². The number of unbranched alkanes of at least 4 members (excludes halogenated alkanes) is 3. The van der Waals surface area contributed by atoms with Crippen LogP contribution in [0.4, 0.5) is 11.4 Å². The minimum Gasteiger partial charge on any atom is -0.326 e. The fraction of sp³-hybridized carbons (Fsp3) is 0.500. The van der Waals surface area contributed by atoms with Crippen LogP contribution in [-0.4, -0.2) is 22.9 Å². The molecule has 0 heterocycles. The van der Waals surface area contributed by atoms with Crippen molar-refractivity contribution < 1.29 is 19.6 Å². The van der Waals surface area contributed by atoms with E-state index in [1.165, 1.54) is 0 Å². The third-order valence-corrected chi connectivity index (χ3v) is 3.64. The lowest BCUT2D eigenvalue weighted by Gasteiger charge is -2.09. The van der Waals surface area contributed by atoms with E-state index < -0.39 is 0 Å². The minimum absolute atomic E-state index is 0.0479. The SMILES string of the molecule is CC(C)C(=O)Nc1ccc(NC(=O)CCCCCCC(=O)NO)cc1. The molecule has 3 amide bonds. The van der Waals surface area contributed by atoms with Gasteiger partial charge in [0.1, 0.15) is 0 Å². The molecule has 0 fully saturated rings. The van der Waals surface area contributed by atoms with E-state index >= 15 is 0 Å². The molecule has 0 atom stereocenters. The normalized spacial score (nSPS) is 10.4. The maximum atomic E-state index is 11.9. The van der Waals surface area contributed by atoms with Gasteiger partial charge in [-0.15, -0.1) is 0 Å². The molecule has 0 bridgehead atoms. The Kier molecular flexibility index (Phi) is 9.24. The molecule has 0 saturated heterocycles. The van der Waals surface area contributed by atoms with Crippen LogP contribution in [-0.2, 0) is 14.4 Å². The predicted octanol–water partition coefficient (Wildman–Crippen LogP) is 3.07. The van der Waals surface area contributed by atoms with Gasteiger partial charge in [-0.1, -0.05) is 26.7 Å². The smallest absolute Gasteiger partial charge is 0.243 e. The van der Waals surface area contributed by atoms with Gasteiger partial charge in [0.05, 0.1) is 0 Å². The van der Waals surface area contributed by atoms with Gasteiger partial charge < -0.3 is 10.6 Å². The Morgan fingerprint density at radius 2 is 1.32 bits per heavy atom. The average molecular weight is 349 g/mol. The Hall–Kier alpha value is -2.41. The Labute approximate surface area is 148 Å². The van der Waals surface area contributed by atoms with Gasteiger partial charge in [-0.05, 0) is 37.1 Å². The summed E-state index contributed by atoms with van der Waals surface area (Å²) in [6, 6.07) is 7.01. The topological polar surface area (TPSA) is 108 Å². The maximum Gasteiger partial charge on any atom is 0.243 e.